The summed E-state index contributed by atoms with van der Waals surface area (Å²) in [7, 11) is -5.88. The molecule has 0 atom stereocenters. The van der Waals surface area contributed by atoms with Crippen molar-refractivity contribution in [2.45, 2.75) is 79.4 Å². The van der Waals surface area contributed by atoms with E-state index in [0.29, 0.717) is 0 Å². The van der Waals surface area contributed by atoms with Gasteiger partial charge in [0.15, 0.2) is 16.6 Å². The fourth-order valence-electron chi connectivity index (χ4n) is 3.14. The summed E-state index contributed by atoms with van der Waals surface area (Å²) in [6, 6.07) is 0. The predicted octanol–water partition coefficient (Wildman–Crippen LogP) is 4.93. The van der Waals surface area contributed by atoms with Crippen molar-refractivity contribution in [1.29, 1.82) is 0 Å². The van der Waals surface area contributed by atoms with Crippen molar-refractivity contribution >= 4 is 25.4 Å². The highest BCUT2D eigenvalue weighted by Crippen LogP contribution is 2.22. The Morgan fingerprint density at radius 2 is 1.08 bits per heavy atom. The maximum atomic E-state index is 6.38. The second-order valence-electron chi connectivity index (χ2n) is 8.86. The van der Waals surface area contributed by atoms with Crippen LogP contribution in [0.2, 0.25) is 45.8 Å². The summed E-state index contributed by atoms with van der Waals surface area (Å²) in [5.41, 5.74) is 0. The van der Waals surface area contributed by atoms with Crippen LogP contribution in [0.4, 0.5) is 0 Å². The van der Waals surface area contributed by atoms with E-state index in [4.69, 9.17) is 12.7 Å². The molecule has 0 saturated heterocycles. The number of quaternary nitrogens is 1. The van der Waals surface area contributed by atoms with Crippen molar-refractivity contribution in [1.82, 2.24) is 0 Å². The second-order valence-corrected chi connectivity index (χ2v) is 21.0. The van der Waals surface area contributed by atoms with Crippen molar-refractivity contribution in [3.05, 3.63) is 0 Å². The minimum absolute atomic E-state index is 0.759. The van der Waals surface area contributed by atoms with E-state index in [2.05, 4.69) is 66.6 Å². The lowest BCUT2D eigenvalue weighted by molar-refractivity contribution is -0.923. The van der Waals surface area contributed by atoms with E-state index in [1.807, 2.05) is 0 Å². The van der Waals surface area contributed by atoms with Gasteiger partial charge in [0.2, 0.25) is 0 Å². The number of hydrogen-bond donors (Lipinski definition) is 0. The van der Waals surface area contributed by atoms with Gasteiger partial charge in [-0.2, -0.15) is 0 Å². The summed E-state index contributed by atoms with van der Waals surface area (Å²) in [6.45, 7) is 27.9. The molecule has 0 radical (unpaired) electrons. The van der Waals surface area contributed by atoms with E-state index in [9.17, 15) is 0 Å². The molecule has 0 rings (SSSR count). The fraction of sp³-hybridized carbons (Fsp3) is 1.00. The monoisotopic (exact) mass is 394 g/mol. The van der Waals surface area contributed by atoms with Gasteiger partial charge in [-0.1, -0.05) is 0 Å². The molecule has 0 unspecified atom stereocenters. The normalized spacial score (nSPS) is 14.2. The van der Waals surface area contributed by atoms with E-state index in [1.165, 1.54) is 37.1 Å². The highest BCUT2D eigenvalue weighted by Gasteiger charge is 2.42. The number of rotatable bonds is 13. The predicted molar refractivity (Wildman–Crippen MR) is 112 cm³/mol. The summed E-state index contributed by atoms with van der Waals surface area (Å²) in [5.74, 6) is 0. The second kappa shape index (κ2) is 9.99. The van der Waals surface area contributed by atoms with Crippen LogP contribution in [0.1, 0.15) is 33.6 Å². The first-order valence-electron chi connectivity index (χ1n) is 9.70. The molecule has 0 aromatic heterocycles. The Balaban J connectivity index is 4.53. The Labute approximate surface area is 155 Å². The lowest BCUT2D eigenvalue weighted by Crippen LogP contribution is -2.55. The van der Waals surface area contributed by atoms with Crippen molar-refractivity contribution in [2.24, 2.45) is 0 Å². The van der Waals surface area contributed by atoms with Gasteiger partial charge in [0.1, 0.15) is 0 Å². The lowest BCUT2D eigenvalue weighted by Gasteiger charge is -2.37. The smallest absolute Gasteiger partial charge is 0.417 e. The molecule has 4 nitrogen and oxygen atoms in total. The van der Waals surface area contributed by atoms with E-state index in [1.54, 1.807) is 0 Å². The lowest BCUT2D eigenvalue weighted by atomic mass is 10.2. The van der Waals surface area contributed by atoms with Gasteiger partial charge in [0, 0.05) is 13.2 Å². The number of hydrogen-bond acceptors (Lipinski definition) is 3. The third-order valence-corrected chi connectivity index (χ3v) is 13.0. The Morgan fingerprint density at radius 3 is 1.42 bits per heavy atom. The molecule has 0 amide bonds. The molecule has 146 valence electrons. The van der Waals surface area contributed by atoms with Crippen LogP contribution < -0.4 is 0 Å². The topological polar surface area (TPSA) is 27.7 Å². The van der Waals surface area contributed by atoms with Crippen LogP contribution in [-0.4, -0.2) is 62.7 Å². The van der Waals surface area contributed by atoms with Gasteiger partial charge in [-0.15, -0.1) is 0 Å². The van der Waals surface area contributed by atoms with Crippen LogP contribution in [-0.2, 0) is 12.7 Å². The first-order valence-corrected chi connectivity index (χ1v) is 18.7. The summed E-state index contributed by atoms with van der Waals surface area (Å²) < 4.78 is 20.2. The fourth-order valence-corrected chi connectivity index (χ4v) is 13.6. The molecule has 0 aliphatic rings. The molecule has 0 aliphatic carbocycles. The molecule has 0 fully saturated rings. The quantitative estimate of drug-likeness (QED) is 0.252. The Bertz CT molecular complexity index is 326. The highest BCUT2D eigenvalue weighted by molar-refractivity contribution is 6.85. The van der Waals surface area contributed by atoms with Crippen LogP contribution in [0.5, 0.6) is 0 Å². The largest absolute Gasteiger partial charge is 0.476 e. The van der Waals surface area contributed by atoms with Gasteiger partial charge in [-0.25, -0.2) is 0 Å². The first kappa shape index (κ1) is 24.5. The molecule has 24 heavy (non-hydrogen) atoms. The Hall–Kier alpha value is 0.491. The zero-order valence-corrected chi connectivity index (χ0v) is 21.1. The van der Waals surface area contributed by atoms with Crippen LogP contribution in [0, 0.1) is 0 Å². The van der Waals surface area contributed by atoms with E-state index < -0.39 is 25.4 Å². The zero-order valence-electron chi connectivity index (χ0n) is 18.1. The molecule has 0 bridgehead atoms. The summed E-state index contributed by atoms with van der Waals surface area (Å²) >= 11 is 0. The van der Waals surface area contributed by atoms with Gasteiger partial charge < -0.3 is 17.1 Å². The molecule has 0 N–H and O–H groups in total. The molecule has 0 saturated carbocycles. The Morgan fingerprint density at radius 1 is 0.667 bits per heavy atom. The molecular weight excluding hydrogens is 350 g/mol. The molecular formula is C17H44NO3Si3+. The minimum atomic E-state index is -2.52. The molecule has 0 aromatic rings. The maximum absolute atomic E-state index is 6.38. The van der Waals surface area contributed by atoms with Gasteiger partial charge in [0.05, 0.1) is 26.2 Å². The average Bonchev–Trinajstić information content (AvgIpc) is 2.39. The van der Waals surface area contributed by atoms with Gasteiger partial charge in [-0.05, 0) is 72.9 Å². The molecule has 0 heterocycles. The third-order valence-electron chi connectivity index (χ3n) is 4.39. The molecule has 7 heteroatoms. The molecule has 0 spiro atoms. The van der Waals surface area contributed by atoms with Gasteiger partial charge in [-0.3, -0.25) is 0 Å². The average molecular weight is 395 g/mol. The summed E-state index contributed by atoms with van der Waals surface area (Å²) in [5, 5.41) is 0. The van der Waals surface area contributed by atoms with Crippen LogP contribution >= 0.6 is 0 Å². The van der Waals surface area contributed by atoms with Crippen LogP contribution in [0.15, 0.2) is 0 Å². The van der Waals surface area contributed by atoms with E-state index >= 15 is 0 Å². The highest BCUT2D eigenvalue weighted by atomic mass is 28.5. The van der Waals surface area contributed by atoms with Crippen molar-refractivity contribution in [3.63, 3.8) is 0 Å². The standard InChI is InChI=1S/C17H44NO3Si3/c1-11-18(12-2,13-3)16-14-15-17-19-24(10,20-22(4,5)6)21-23(7,8)9/h11-17H2,1-10H3/q+1. The minimum Gasteiger partial charge on any atom is -0.417 e. The molecule has 0 aromatic carbocycles. The van der Waals surface area contributed by atoms with E-state index in [-0.39, 0.29) is 0 Å². The molecule has 0 aliphatic heterocycles. The third kappa shape index (κ3) is 10.5. The van der Waals surface area contributed by atoms with Gasteiger partial charge >= 0.3 is 8.80 Å². The van der Waals surface area contributed by atoms with Crippen LogP contribution in [0.25, 0.3) is 0 Å². The summed E-state index contributed by atoms with van der Waals surface area (Å²) in [6.07, 6.45) is 2.30. The first-order chi connectivity index (χ1) is 10.8. The summed E-state index contributed by atoms with van der Waals surface area (Å²) in [4.78, 5) is 0. The van der Waals surface area contributed by atoms with Crippen molar-refractivity contribution < 1.29 is 17.1 Å². The number of nitrogens with zero attached hydrogens (tertiary/aromatic N) is 1. The SMILES string of the molecule is CC[N+](CC)(CC)CCCCO[Si](C)(O[Si](C)(C)C)O[Si](C)(C)C. The Kier molecular flexibility index (Phi) is 10.2. The van der Waals surface area contributed by atoms with Gasteiger partial charge in [0.25, 0.3) is 0 Å². The maximum Gasteiger partial charge on any atom is 0.476 e. The van der Waals surface area contributed by atoms with Crippen LogP contribution in [0.3, 0.4) is 0 Å². The van der Waals surface area contributed by atoms with Crippen molar-refractivity contribution in [3.8, 4) is 0 Å². The van der Waals surface area contributed by atoms with E-state index in [0.717, 1.165) is 13.0 Å². The van der Waals surface area contributed by atoms with Crippen molar-refractivity contribution in [2.75, 3.05) is 32.8 Å². The number of unbranched alkanes of at least 4 members (excludes halogenated alkanes) is 1. The zero-order chi connectivity index (χ0) is 19.1.